The van der Waals surface area contributed by atoms with Crippen LogP contribution in [0.25, 0.3) is 0 Å². The van der Waals surface area contributed by atoms with Gasteiger partial charge in [-0.2, -0.15) is 0 Å². The first-order chi connectivity index (χ1) is 13.6. The lowest BCUT2D eigenvalue weighted by Gasteiger charge is -2.19. The molecule has 3 rings (SSSR count). The molecule has 0 spiro atoms. The molecule has 0 aliphatic carbocycles. The van der Waals surface area contributed by atoms with Crippen LogP contribution in [-0.2, 0) is 0 Å². The summed E-state index contributed by atoms with van der Waals surface area (Å²) in [6, 6.07) is 10.7. The fourth-order valence-electron chi connectivity index (χ4n) is 3.31. The molecule has 1 saturated heterocycles. The van der Waals surface area contributed by atoms with Gasteiger partial charge >= 0.3 is 0 Å². The van der Waals surface area contributed by atoms with Crippen molar-refractivity contribution in [2.75, 3.05) is 38.9 Å². The molecule has 1 heterocycles. The summed E-state index contributed by atoms with van der Waals surface area (Å²) in [6.45, 7) is 1.49. The number of carbonyl (C=O) groups excluding carboxylic acids is 2. The van der Waals surface area contributed by atoms with E-state index < -0.39 is 0 Å². The van der Waals surface area contributed by atoms with Gasteiger partial charge in [-0.05, 0) is 43.4 Å². The predicted molar refractivity (Wildman–Crippen MR) is 111 cm³/mol. The number of thioether (sulfide) groups is 1. The molecule has 0 atom stereocenters. The summed E-state index contributed by atoms with van der Waals surface area (Å²) in [5.74, 6) is 0.450. The quantitative estimate of drug-likeness (QED) is 0.745. The van der Waals surface area contributed by atoms with Crippen LogP contribution >= 0.6 is 11.8 Å². The van der Waals surface area contributed by atoms with Crippen molar-refractivity contribution in [2.24, 2.45) is 0 Å². The van der Waals surface area contributed by atoms with Gasteiger partial charge in [-0.15, -0.1) is 11.8 Å². The molecule has 0 unspecified atom stereocenters. The lowest BCUT2D eigenvalue weighted by molar-refractivity contribution is 0.0792. The predicted octanol–water partition coefficient (Wildman–Crippen LogP) is 3.91. The van der Waals surface area contributed by atoms with Gasteiger partial charge in [0.1, 0.15) is 0 Å². The molecular formula is C21H24N2O4S. The zero-order valence-corrected chi connectivity index (χ0v) is 17.1. The molecule has 148 valence electrons. The number of benzene rings is 2. The van der Waals surface area contributed by atoms with Crippen molar-refractivity contribution < 1.29 is 19.1 Å². The van der Waals surface area contributed by atoms with Crippen molar-refractivity contribution in [3.63, 3.8) is 0 Å². The lowest BCUT2D eigenvalue weighted by Crippen LogP contribution is -2.27. The van der Waals surface area contributed by atoms with E-state index in [4.69, 9.17) is 9.47 Å². The highest BCUT2D eigenvalue weighted by Gasteiger charge is 2.24. The van der Waals surface area contributed by atoms with Crippen LogP contribution < -0.4 is 14.8 Å². The van der Waals surface area contributed by atoms with Gasteiger partial charge in [0, 0.05) is 23.5 Å². The van der Waals surface area contributed by atoms with Crippen molar-refractivity contribution in [3.05, 3.63) is 47.5 Å². The van der Waals surface area contributed by atoms with Gasteiger partial charge in [0.25, 0.3) is 11.8 Å². The summed E-state index contributed by atoms with van der Waals surface area (Å²) in [5, 5.41) is 2.89. The van der Waals surface area contributed by atoms with Crippen LogP contribution in [0, 0.1) is 0 Å². The van der Waals surface area contributed by atoms with Gasteiger partial charge in [0.2, 0.25) is 0 Å². The number of nitrogens with zero attached hydrogens (tertiary/aromatic N) is 1. The van der Waals surface area contributed by atoms with Crippen LogP contribution in [0.1, 0.15) is 33.6 Å². The molecule has 0 radical (unpaired) electrons. The van der Waals surface area contributed by atoms with Crippen LogP contribution in [0.3, 0.4) is 0 Å². The number of likely N-dealkylation sites (tertiary alicyclic amines) is 1. The maximum absolute atomic E-state index is 12.9. The Kier molecular flexibility index (Phi) is 6.46. The number of ether oxygens (including phenoxy) is 2. The third-order valence-electron chi connectivity index (χ3n) is 4.72. The minimum Gasteiger partial charge on any atom is -0.493 e. The monoisotopic (exact) mass is 400 g/mol. The number of amides is 2. The summed E-state index contributed by atoms with van der Waals surface area (Å²) in [5.41, 5.74) is 1.44. The smallest absolute Gasteiger partial charge is 0.256 e. The van der Waals surface area contributed by atoms with Gasteiger partial charge in [0.15, 0.2) is 11.5 Å². The van der Waals surface area contributed by atoms with Crippen LogP contribution in [0.2, 0.25) is 0 Å². The van der Waals surface area contributed by atoms with Crippen molar-refractivity contribution in [3.8, 4) is 11.5 Å². The van der Waals surface area contributed by atoms with Crippen LogP contribution in [0.4, 0.5) is 5.69 Å². The first-order valence-electron chi connectivity index (χ1n) is 9.08. The van der Waals surface area contributed by atoms with E-state index in [0.29, 0.717) is 28.3 Å². The Labute approximate surface area is 169 Å². The number of hydrogen-bond acceptors (Lipinski definition) is 5. The molecule has 0 aromatic heterocycles. The molecule has 0 bridgehead atoms. The van der Waals surface area contributed by atoms with Crippen molar-refractivity contribution in [2.45, 2.75) is 17.7 Å². The Morgan fingerprint density at radius 2 is 1.79 bits per heavy atom. The second kappa shape index (κ2) is 9.01. The summed E-state index contributed by atoms with van der Waals surface area (Å²) in [7, 11) is 3.02. The molecule has 1 aliphatic rings. The fraction of sp³-hybridized carbons (Fsp3) is 0.333. The van der Waals surface area contributed by atoms with Crippen LogP contribution in [-0.4, -0.2) is 50.3 Å². The van der Waals surface area contributed by atoms with E-state index in [1.807, 2.05) is 29.4 Å². The normalized spacial score (nSPS) is 13.3. The van der Waals surface area contributed by atoms with E-state index in [1.165, 1.54) is 26.0 Å². The minimum atomic E-state index is -0.268. The van der Waals surface area contributed by atoms with E-state index in [9.17, 15) is 9.59 Å². The molecular weight excluding hydrogens is 376 g/mol. The van der Waals surface area contributed by atoms with Crippen molar-refractivity contribution in [1.29, 1.82) is 0 Å². The summed E-state index contributed by atoms with van der Waals surface area (Å²) >= 11 is 1.50. The maximum Gasteiger partial charge on any atom is 0.256 e. The SMILES string of the molecule is COc1cc(C(=O)N2CCCC2)cc(NC(=O)c2ccccc2SC)c1OC. The van der Waals surface area contributed by atoms with E-state index in [0.717, 1.165) is 30.8 Å². The average molecular weight is 401 g/mol. The second-order valence-corrected chi connectivity index (χ2v) is 7.26. The topological polar surface area (TPSA) is 67.9 Å². The Morgan fingerprint density at radius 1 is 1.07 bits per heavy atom. The largest absolute Gasteiger partial charge is 0.493 e. The van der Waals surface area contributed by atoms with Gasteiger partial charge in [-0.3, -0.25) is 9.59 Å². The number of methoxy groups -OCH3 is 2. The average Bonchev–Trinajstić information content (AvgIpc) is 3.27. The third kappa shape index (κ3) is 4.09. The van der Waals surface area contributed by atoms with Gasteiger partial charge in [-0.1, -0.05) is 12.1 Å². The standard InChI is InChI=1S/C21H24N2O4S/c1-26-17-13-14(21(25)23-10-6-7-11-23)12-16(19(17)27-2)22-20(24)15-8-4-5-9-18(15)28-3/h4-5,8-9,12-13H,6-7,10-11H2,1-3H3,(H,22,24). The van der Waals surface area contributed by atoms with E-state index in [-0.39, 0.29) is 11.8 Å². The molecule has 2 aromatic rings. The molecule has 2 aromatic carbocycles. The maximum atomic E-state index is 12.9. The van der Waals surface area contributed by atoms with Gasteiger partial charge < -0.3 is 19.7 Å². The Bertz CT molecular complexity index is 879. The first-order valence-corrected chi connectivity index (χ1v) is 10.3. The van der Waals surface area contributed by atoms with Crippen LogP contribution in [0.5, 0.6) is 11.5 Å². The van der Waals surface area contributed by atoms with Crippen molar-refractivity contribution in [1.82, 2.24) is 4.90 Å². The zero-order chi connectivity index (χ0) is 20.1. The number of nitrogens with one attached hydrogen (secondary N) is 1. The number of hydrogen-bond donors (Lipinski definition) is 1. The molecule has 1 N–H and O–H groups in total. The number of anilines is 1. The van der Waals surface area contributed by atoms with E-state index in [2.05, 4.69) is 5.32 Å². The third-order valence-corrected chi connectivity index (χ3v) is 5.51. The molecule has 7 heteroatoms. The first kappa shape index (κ1) is 20.1. The molecule has 0 saturated carbocycles. The summed E-state index contributed by atoms with van der Waals surface area (Å²) in [6.07, 6.45) is 3.94. The molecule has 6 nitrogen and oxygen atoms in total. The Hall–Kier alpha value is -2.67. The summed E-state index contributed by atoms with van der Waals surface area (Å²) < 4.78 is 10.9. The summed E-state index contributed by atoms with van der Waals surface area (Å²) in [4.78, 5) is 28.4. The highest BCUT2D eigenvalue weighted by atomic mass is 32.2. The minimum absolute atomic E-state index is 0.0709. The zero-order valence-electron chi connectivity index (χ0n) is 16.3. The van der Waals surface area contributed by atoms with Gasteiger partial charge in [0.05, 0.1) is 25.5 Å². The highest BCUT2D eigenvalue weighted by Crippen LogP contribution is 2.37. The molecule has 2 amide bonds. The Morgan fingerprint density at radius 3 is 2.43 bits per heavy atom. The molecule has 1 aliphatic heterocycles. The van der Waals surface area contributed by atoms with E-state index in [1.54, 1.807) is 18.2 Å². The van der Waals surface area contributed by atoms with Gasteiger partial charge in [-0.25, -0.2) is 0 Å². The van der Waals surface area contributed by atoms with Crippen molar-refractivity contribution >= 4 is 29.3 Å². The lowest BCUT2D eigenvalue weighted by atomic mass is 10.1. The van der Waals surface area contributed by atoms with Crippen LogP contribution in [0.15, 0.2) is 41.3 Å². The molecule has 28 heavy (non-hydrogen) atoms. The van der Waals surface area contributed by atoms with E-state index >= 15 is 0 Å². The molecule has 1 fully saturated rings. The fourth-order valence-corrected chi connectivity index (χ4v) is 3.90. The number of rotatable bonds is 6. The number of carbonyl (C=O) groups is 2. The highest BCUT2D eigenvalue weighted by molar-refractivity contribution is 7.98. The second-order valence-electron chi connectivity index (χ2n) is 6.41. The Balaban J connectivity index is 1.97.